The van der Waals surface area contributed by atoms with E-state index in [0.29, 0.717) is 18.0 Å². The summed E-state index contributed by atoms with van der Waals surface area (Å²) in [5, 5.41) is 3.22. The van der Waals surface area contributed by atoms with E-state index in [9.17, 15) is 8.42 Å². The summed E-state index contributed by atoms with van der Waals surface area (Å²) in [5.74, 6) is 0. The number of hydrogen-bond donors (Lipinski definition) is 2. The molecule has 0 radical (unpaired) electrons. The maximum Gasteiger partial charge on any atom is 0.244 e. The van der Waals surface area contributed by atoms with Crippen LogP contribution < -0.4 is 5.32 Å². The van der Waals surface area contributed by atoms with Gasteiger partial charge in [-0.25, -0.2) is 8.42 Å². The Labute approximate surface area is 115 Å². The van der Waals surface area contributed by atoms with Gasteiger partial charge in [0, 0.05) is 32.0 Å². The lowest BCUT2D eigenvalue weighted by Gasteiger charge is -2.15. The lowest BCUT2D eigenvalue weighted by atomic mass is 10.4. The van der Waals surface area contributed by atoms with Gasteiger partial charge >= 0.3 is 0 Å². The Hall–Kier alpha value is -1.11. The number of rotatable bonds is 8. The first-order valence-corrected chi connectivity index (χ1v) is 7.80. The monoisotopic (exact) mass is 285 g/mol. The van der Waals surface area contributed by atoms with Gasteiger partial charge in [-0.2, -0.15) is 4.31 Å². The van der Waals surface area contributed by atoms with Gasteiger partial charge in [-0.15, -0.1) is 0 Å². The van der Waals surface area contributed by atoms with E-state index in [4.69, 9.17) is 0 Å². The van der Waals surface area contributed by atoms with Crippen LogP contribution >= 0.6 is 0 Å². The van der Waals surface area contributed by atoms with Gasteiger partial charge in [0.25, 0.3) is 0 Å². The van der Waals surface area contributed by atoms with Crippen LogP contribution in [0.25, 0.3) is 0 Å². The second-order valence-electron chi connectivity index (χ2n) is 4.76. The number of nitrogens with one attached hydrogen (secondary N) is 2. The number of hydrogen-bond acceptors (Lipinski definition) is 3. The van der Waals surface area contributed by atoms with Crippen LogP contribution in [0.3, 0.4) is 0 Å². The maximum absolute atomic E-state index is 12.3. The molecular weight excluding hydrogens is 262 g/mol. The van der Waals surface area contributed by atoms with E-state index in [0.717, 1.165) is 24.2 Å². The molecule has 1 rings (SSSR count). The summed E-state index contributed by atoms with van der Waals surface area (Å²) < 4.78 is 25.8. The summed E-state index contributed by atoms with van der Waals surface area (Å²) in [6, 6.07) is 1.67. The molecule has 2 N–H and O–H groups in total. The molecule has 0 saturated carbocycles. The molecule has 6 heteroatoms. The van der Waals surface area contributed by atoms with E-state index >= 15 is 0 Å². The summed E-state index contributed by atoms with van der Waals surface area (Å²) in [4.78, 5) is 3.28. The molecule has 0 bridgehead atoms. The van der Waals surface area contributed by atoms with Crippen molar-refractivity contribution in [1.29, 1.82) is 0 Å². The summed E-state index contributed by atoms with van der Waals surface area (Å²) in [7, 11) is -1.87. The van der Waals surface area contributed by atoms with Gasteiger partial charge in [0.05, 0.1) is 4.90 Å². The second-order valence-corrected chi connectivity index (χ2v) is 6.80. The molecule has 108 valence electrons. The van der Waals surface area contributed by atoms with Gasteiger partial charge in [0.2, 0.25) is 10.0 Å². The molecule has 0 aliphatic heterocycles. The van der Waals surface area contributed by atoms with Gasteiger partial charge in [0.1, 0.15) is 0 Å². The predicted molar refractivity (Wildman–Crippen MR) is 77.4 cm³/mol. The zero-order valence-electron chi connectivity index (χ0n) is 11.9. The molecule has 0 saturated heterocycles. The third-order valence-corrected chi connectivity index (χ3v) is 4.44. The predicted octanol–water partition coefficient (Wildman–Crippen LogP) is 1.71. The first-order chi connectivity index (χ1) is 8.87. The number of H-pyrrole nitrogens is 1. The molecule has 0 aromatic carbocycles. The van der Waals surface area contributed by atoms with Crippen molar-refractivity contribution in [2.24, 2.45) is 0 Å². The molecular formula is C13H23N3O2S. The molecule has 1 heterocycles. The zero-order chi connectivity index (χ0) is 14.5. The fourth-order valence-electron chi connectivity index (χ4n) is 1.71. The molecule has 0 amide bonds. The molecule has 0 fully saturated rings. The van der Waals surface area contributed by atoms with Gasteiger partial charge < -0.3 is 10.3 Å². The average Bonchev–Trinajstić information content (AvgIpc) is 2.78. The van der Waals surface area contributed by atoms with E-state index in [1.54, 1.807) is 13.1 Å². The molecule has 19 heavy (non-hydrogen) atoms. The number of aromatic amines is 1. The highest BCUT2D eigenvalue weighted by molar-refractivity contribution is 7.89. The standard InChI is InChI=1S/C13H23N3O2S/c1-5-6-14-8-12-7-13(9-15-12)19(17,18)16(4)10-11(2)3/h7,9,14-15H,2,5-6,8,10H2,1,3-4H3. The van der Waals surface area contributed by atoms with E-state index in [1.807, 2.05) is 6.92 Å². The summed E-state index contributed by atoms with van der Waals surface area (Å²) in [6.07, 6.45) is 2.58. The quantitative estimate of drug-likeness (QED) is 0.564. The van der Waals surface area contributed by atoms with Crippen molar-refractivity contribution in [3.63, 3.8) is 0 Å². The fourth-order valence-corrected chi connectivity index (χ4v) is 2.96. The van der Waals surface area contributed by atoms with Crippen LogP contribution in [0.2, 0.25) is 0 Å². The van der Waals surface area contributed by atoms with Gasteiger partial charge in [0.15, 0.2) is 0 Å². The highest BCUT2D eigenvalue weighted by Crippen LogP contribution is 2.16. The van der Waals surface area contributed by atoms with E-state index < -0.39 is 10.0 Å². The average molecular weight is 285 g/mol. The first-order valence-electron chi connectivity index (χ1n) is 6.36. The van der Waals surface area contributed by atoms with Crippen LogP contribution in [0.4, 0.5) is 0 Å². The van der Waals surface area contributed by atoms with E-state index in [1.165, 1.54) is 10.5 Å². The SMILES string of the molecule is C=C(C)CN(C)S(=O)(=O)c1c[nH]c(CNCCC)c1. The van der Waals surface area contributed by atoms with Crippen LogP contribution in [0.1, 0.15) is 26.0 Å². The highest BCUT2D eigenvalue weighted by atomic mass is 32.2. The third-order valence-electron chi connectivity index (χ3n) is 2.66. The van der Waals surface area contributed by atoms with Crippen molar-refractivity contribution in [3.05, 3.63) is 30.1 Å². The first kappa shape index (κ1) is 15.9. The fraction of sp³-hybridized carbons (Fsp3) is 0.538. The van der Waals surface area contributed by atoms with Crippen molar-refractivity contribution in [2.45, 2.75) is 31.7 Å². The molecule has 1 aromatic rings. The minimum atomic E-state index is -3.43. The van der Waals surface area contributed by atoms with Gasteiger partial charge in [-0.1, -0.05) is 19.1 Å². The highest BCUT2D eigenvalue weighted by Gasteiger charge is 2.21. The third kappa shape index (κ3) is 4.49. The Bertz CT molecular complexity index is 520. The maximum atomic E-state index is 12.3. The van der Waals surface area contributed by atoms with E-state index in [-0.39, 0.29) is 0 Å². The Morgan fingerprint density at radius 2 is 2.21 bits per heavy atom. The molecule has 1 aromatic heterocycles. The normalized spacial score (nSPS) is 12.0. The number of sulfonamides is 1. The van der Waals surface area contributed by atoms with Crippen molar-refractivity contribution in [1.82, 2.24) is 14.6 Å². The second kappa shape index (κ2) is 6.88. The van der Waals surface area contributed by atoms with Crippen LogP contribution in [-0.4, -0.2) is 37.8 Å². The van der Waals surface area contributed by atoms with Crippen LogP contribution in [0, 0.1) is 0 Å². The summed E-state index contributed by atoms with van der Waals surface area (Å²) >= 11 is 0. The topological polar surface area (TPSA) is 65.2 Å². The largest absolute Gasteiger partial charge is 0.363 e. The molecule has 0 atom stereocenters. The minimum absolute atomic E-state index is 0.296. The lowest BCUT2D eigenvalue weighted by Crippen LogP contribution is -2.28. The molecule has 0 spiro atoms. The van der Waals surface area contributed by atoms with Crippen molar-refractivity contribution in [3.8, 4) is 0 Å². The Kier molecular flexibility index (Phi) is 5.78. The van der Waals surface area contributed by atoms with Crippen molar-refractivity contribution >= 4 is 10.0 Å². The zero-order valence-corrected chi connectivity index (χ0v) is 12.7. The van der Waals surface area contributed by atoms with Gasteiger partial charge in [-0.05, 0) is 26.0 Å². The van der Waals surface area contributed by atoms with Crippen molar-refractivity contribution < 1.29 is 8.42 Å². The van der Waals surface area contributed by atoms with E-state index in [2.05, 4.69) is 23.8 Å². The summed E-state index contributed by atoms with van der Waals surface area (Å²) in [5.41, 5.74) is 1.68. The minimum Gasteiger partial charge on any atom is -0.363 e. The Morgan fingerprint density at radius 1 is 1.53 bits per heavy atom. The number of likely N-dealkylation sites (N-methyl/N-ethyl adjacent to an activating group) is 1. The van der Waals surface area contributed by atoms with Crippen LogP contribution in [0.5, 0.6) is 0 Å². The Morgan fingerprint density at radius 3 is 2.79 bits per heavy atom. The smallest absolute Gasteiger partial charge is 0.244 e. The van der Waals surface area contributed by atoms with Gasteiger partial charge in [-0.3, -0.25) is 0 Å². The lowest BCUT2D eigenvalue weighted by molar-refractivity contribution is 0.493. The van der Waals surface area contributed by atoms with Crippen LogP contribution in [-0.2, 0) is 16.6 Å². The van der Waals surface area contributed by atoms with Crippen LogP contribution in [0.15, 0.2) is 29.3 Å². The molecule has 0 aliphatic carbocycles. The Balaban J connectivity index is 2.76. The molecule has 0 aliphatic rings. The summed E-state index contributed by atoms with van der Waals surface area (Å²) in [6.45, 7) is 9.52. The molecule has 5 nitrogen and oxygen atoms in total. The molecule has 0 unspecified atom stereocenters. The van der Waals surface area contributed by atoms with Crippen molar-refractivity contribution in [2.75, 3.05) is 20.1 Å². The number of aromatic nitrogens is 1. The number of nitrogens with zero attached hydrogens (tertiary/aromatic N) is 1.